The number of nitrogens with zero attached hydrogens (tertiary/aromatic N) is 1. The molecule has 0 aliphatic carbocycles. The normalized spacial score (nSPS) is 16.9. The number of fused-ring (bicyclic) bond motifs is 1. The van der Waals surface area contributed by atoms with Crippen molar-refractivity contribution in [1.82, 2.24) is 4.98 Å². The molecule has 0 spiro atoms. The summed E-state index contributed by atoms with van der Waals surface area (Å²) < 4.78 is 17.6. The van der Waals surface area contributed by atoms with E-state index < -0.39 is 0 Å². The molecule has 10 heavy (non-hydrogen) atoms. The van der Waals surface area contributed by atoms with Gasteiger partial charge in [-0.1, -0.05) is 11.3 Å². The molecule has 2 nitrogen and oxygen atoms in total. The smallest absolute Gasteiger partial charge is 0.269 e. The lowest BCUT2D eigenvalue weighted by molar-refractivity contribution is 0.112. The van der Waals surface area contributed by atoms with Crippen molar-refractivity contribution in [3.05, 3.63) is 15.8 Å². The Morgan fingerprint density at radius 1 is 1.60 bits per heavy atom. The summed E-state index contributed by atoms with van der Waals surface area (Å²) in [5.74, 6) is 0. The van der Waals surface area contributed by atoms with E-state index in [-0.39, 0.29) is 5.26 Å². The molecule has 4 heteroatoms. The number of hydrogen-bond donors (Lipinski definition) is 0. The van der Waals surface area contributed by atoms with Crippen molar-refractivity contribution in [1.29, 1.82) is 0 Å². The highest BCUT2D eigenvalue weighted by atomic mass is 32.1. The van der Waals surface area contributed by atoms with Crippen molar-refractivity contribution in [2.45, 2.75) is 13.0 Å². The number of rotatable bonds is 0. The highest BCUT2D eigenvalue weighted by Crippen LogP contribution is 2.21. The Balaban J connectivity index is 2.41. The molecule has 1 aromatic heterocycles. The minimum Gasteiger partial charge on any atom is -0.375 e. The minimum atomic E-state index is -0.337. The van der Waals surface area contributed by atoms with Gasteiger partial charge in [0.05, 0.1) is 23.8 Å². The van der Waals surface area contributed by atoms with E-state index in [1.54, 1.807) is 0 Å². The SMILES string of the molecule is Fc1nc2c(s1)COCC2. The second kappa shape index (κ2) is 2.29. The zero-order valence-electron chi connectivity index (χ0n) is 5.26. The van der Waals surface area contributed by atoms with E-state index in [1.165, 1.54) is 0 Å². The third-order valence-electron chi connectivity index (χ3n) is 1.47. The van der Waals surface area contributed by atoms with Gasteiger partial charge in [0.2, 0.25) is 0 Å². The standard InChI is InChI=1S/C6H6FNOS/c7-6-8-4-1-2-9-3-5(4)10-6/h1-3H2. The third kappa shape index (κ3) is 0.932. The molecule has 0 amide bonds. The van der Waals surface area contributed by atoms with Gasteiger partial charge in [0.1, 0.15) is 0 Å². The van der Waals surface area contributed by atoms with Crippen LogP contribution in [-0.4, -0.2) is 11.6 Å². The molecule has 2 rings (SSSR count). The van der Waals surface area contributed by atoms with Crippen molar-refractivity contribution < 1.29 is 9.13 Å². The molecule has 0 N–H and O–H groups in total. The largest absolute Gasteiger partial charge is 0.375 e. The van der Waals surface area contributed by atoms with E-state index in [9.17, 15) is 4.39 Å². The van der Waals surface area contributed by atoms with Crippen LogP contribution in [0, 0.1) is 5.26 Å². The Bertz CT molecular complexity index is 224. The first-order valence-electron chi connectivity index (χ1n) is 3.08. The summed E-state index contributed by atoms with van der Waals surface area (Å²) in [4.78, 5) is 4.67. The average molecular weight is 159 g/mol. The molecule has 0 radical (unpaired) electrons. The Morgan fingerprint density at radius 2 is 2.50 bits per heavy atom. The maximum absolute atomic E-state index is 12.4. The van der Waals surface area contributed by atoms with E-state index in [1.807, 2.05) is 0 Å². The van der Waals surface area contributed by atoms with Crippen LogP contribution in [0.3, 0.4) is 0 Å². The van der Waals surface area contributed by atoms with Crippen LogP contribution in [-0.2, 0) is 17.8 Å². The van der Waals surface area contributed by atoms with Gasteiger partial charge < -0.3 is 4.74 Å². The summed E-state index contributed by atoms with van der Waals surface area (Å²) in [7, 11) is 0. The highest BCUT2D eigenvalue weighted by molar-refractivity contribution is 7.10. The van der Waals surface area contributed by atoms with Gasteiger partial charge in [-0.3, -0.25) is 0 Å². The van der Waals surface area contributed by atoms with Gasteiger partial charge in [0.15, 0.2) is 0 Å². The van der Waals surface area contributed by atoms with E-state index in [0.717, 1.165) is 28.3 Å². The van der Waals surface area contributed by atoms with Crippen molar-refractivity contribution in [3.63, 3.8) is 0 Å². The van der Waals surface area contributed by atoms with Crippen LogP contribution in [0.1, 0.15) is 10.6 Å². The van der Waals surface area contributed by atoms with E-state index in [2.05, 4.69) is 4.98 Å². The molecule has 0 atom stereocenters. The highest BCUT2D eigenvalue weighted by Gasteiger charge is 2.14. The summed E-state index contributed by atoms with van der Waals surface area (Å²) in [5.41, 5.74) is 0.883. The number of thiazole rings is 1. The first-order chi connectivity index (χ1) is 4.86. The predicted molar refractivity (Wildman–Crippen MR) is 35.4 cm³/mol. The summed E-state index contributed by atoms with van der Waals surface area (Å²) in [5, 5.41) is -0.337. The second-order valence-electron chi connectivity index (χ2n) is 2.14. The lowest BCUT2D eigenvalue weighted by Crippen LogP contribution is -2.07. The molecular formula is C6H6FNOS. The molecule has 2 heterocycles. The van der Waals surface area contributed by atoms with Crippen molar-refractivity contribution in [2.24, 2.45) is 0 Å². The Labute approximate surface area is 61.7 Å². The molecule has 0 fully saturated rings. The molecule has 0 saturated heterocycles. The maximum atomic E-state index is 12.4. The monoisotopic (exact) mass is 159 g/mol. The van der Waals surface area contributed by atoms with E-state index in [0.29, 0.717) is 13.2 Å². The fourth-order valence-corrected chi connectivity index (χ4v) is 1.76. The predicted octanol–water partition coefficient (Wildman–Crippen LogP) is 1.35. The topological polar surface area (TPSA) is 22.1 Å². The van der Waals surface area contributed by atoms with Crippen molar-refractivity contribution >= 4 is 11.3 Å². The van der Waals surface area contributed by atoms with Crippen LogP contribution >= 0.6 is 11.3 Å². The maximum Gasteiger partial charge on any atom is 0.269 e. The van der Waals surface area contributed by atoms with Gasteiger partial charge in [-0.2, -0.15) is 4.39 Å². The summed E-state index contributed by atoms with van der Waals surface area (Å²) in [6.45, 7) is 1.22. The van der Waals surface area contributed by atoms with Crippen LogP contribution in [0.5, 0.6) is 0 Å². The van der Waals surface area contributed by atoms with Crippen LogP contribution < -0.4 is 0 Å². The van der Waals surface area contributed by atoms with Crippen LogP contribution in [0.4, 0.5) is 4.39 Å². The second-order valence-corrected chi connectivity index (χ2v) is 3.17. The van der Waals surface area contributed by atoms with Gasteiger partial charge >= 0.3 is 0 Å². The van der Waals surface area contributed by atoms with Gasteiger partial charge in [-0.05, 0) is 0 Å². The molecule has 1 aliphatic heterocycles. The van der Waals surface area contributed by atoms with Gasteiger partial charge in [0, 0.05) is 6.42 Å². The fourth-order valence-electron chi connectivity index (χ4n) is 0.994. The average Bonchev–Trinajstić information content (AvgIpc) is 2.27. The van der Waals surface area contributed by atoms with Crippen LogP contribution in [0.2, 0.25) is 0 Å². The quantitative estimate of drug-likeness (QED) is 0.570. The Kier molecular flexibility index (Phi) is 1.43. The number of hydrogen-bond acceptors (Lipinski definition) is 3. The van der Waals surface area contributed by atoms with Gasteiger partial charge in [-0.25, -0.2) is 4.98 Å². The van der Waals surface area contributed by atoms with Crippen molar-refractivity contribution in [3.8, 4) is 0 Å². The molecule has 1 aromatic rings. The van der Waals surface area contributed by atoms with Crippen LogP contribution in [0.25, 0.3) is 0 Å². The lowest BCUT2D eigenvalue weighted by atomic mass is 10.2. The zero-order chi connectivity index (χ0) is 6.97. The van der Waals surface area contributed by atoms with E-state index in [4.69, 9.17) is 4.74 Å². The Hall–Kier alpha value is -0.480. The van der Waals surface area contributed by atoms with E-state index >= 15 is 0 Å². The van der Waals surface area contributed by atoms with Gasteiger partial charge in [-0.15, -0.1) is 0 Å². The van der Waals surface area contributed by atoms with Crippen LogP contribution in [0.15, 0.2) is 0 Å². The third-order valence-corrected chi connectivity index (χ3v) is 2.33. The van der Waals surface area contributed by atoms with Crippen molar-refractivity contribution in [2.75, 3.05) is 6.61 Å². The molecule has 0 aromatic carbocycles. The zero-order valence-corrected chi connectivity index (χ0v) is 6.08. The molecule has 54 valence electrons. The lowest BCUT2D eigenvalue weighted by Gasteiger charge is -2.08. The summed E-state index contributed by atoms with van der Waals surface area (Å²) >= 11 is 1.09. The fraction of sp³-hybridized carbons (Fsp3) is 0.500. The summed E-state index contributed by atoms with van der Waals surface area (Å²) in [6, 6.07) is 0. The minimum absolute atomic E-state index is 0.337. The number of halogens is 1. The Morgan fingerprint density at radius 3 is 3.30 bits per heavy atom. The van der Waals surface area contributed by atoms with Gasteiger partial charge in [0.25, 0.3) is 5.26 Å². The number of aromatic nitrogens is 1. The first-order valence-corrected chi connectivity index (χ1v) is 3.90. The molecular weight excluding hydrogens is 153 g/mol. The molecule has 0 saturated carbocycles. The first kappa shape index (κ1) is 6.24. The molecule has 1 aliphatic rings. The molecule has 0 unspecified atom stereocenters. The summed E-state index contributed by atoms with van der Waals surface area (Å²) in [6.07, 6.45) is 0.760. The molecule has 0 bridgehead atoms. The number of ether oxygens (including phenoxy) is 1.